The van der Waals surface area contributed by atoms with Gasteiger partial charge >= 0.3 is 0 Å². The lowest BCUT2D eigenvalue weighted by Gasteiger charge is -2.25. The van der Waals surface area contributed by atoms with E-state index in [-0.39, 0.29) is 24.4 Å². The molecule has 0 aliphatic carbocycles. The fourth-order valence-corrected chi connectivity index (χ4v) is 2.18. The summed E-state index contributed by atoms with van der Waals surface area (Å²) in [6.45, 7) is 3.05. The van der Waals surface area contributed by atoms with Crippen molar-refractivity contribution in [1.29, 1.82) is 0 Å². The number of carbonyl (C=O) groups is 1. The van der Waals surface area contributed by atoms with E-state index in [9.17, 15) is 4.79 Å². The zero-order valence-electron chi connectivity index (χ0n) is 8.92. The van der Waals surface area contributed by atoms with Gasteiger partial charge in [-0.3, -0.25) is 4.79 Å². The molecule has 2 aliphatic rings. The zero-order valence-corrected chi connectivity index (χ0v) is 9.74. The quantitative estimate of drug-likeness (QED) is 0.631. The van der Waals surface area contributed by atoms with Gasteiger partial charge in [0.25, 0.3) is 0 Å². The van der Waals surface area contributed by atoms with Crippen LogP contribution in [-0.4, -0.2) is 37.6 Å². The van der Waals surface area contributed by atoms with Crippen molar-refractivity contribution in [3.8, 4) is 0 Å². The number of hydrogen-bond acceptors (Lipinski definition) is 3. The van der Waals surface area contributed by atoms with Crippen molar-refractivity contribution in [3.63, 3.8) is 0 Å². The Morgan fingerprint density at radius 1 is 1.13 bits per heavy atom. The highest BCUT2D eigenvalue weighted by molar-refractivity contribution is 5.85. The van der Waals surface area contributed by atoms with Crippen LogP contribution in [0.15, 0.2) is 0 Å². The molecule has 1 atom stereocenters. The lowest BCUT2D eigenvalue weighted by molar-refractivity contribution is -0.123. The zero-order chi connectivity index (χ0) is 9.80. The first kappa shape index (κ1) is 12.7. The van der Waals surface area contributed by atoms with Crippen molar-refractivity contribution in [1.82, 2.24) is 16.0 Å². The second-order valence-electron chi connectivity index (χ2n) is 4.18. The second kappa shape index (κ2) is 6.30. The van der Waals surface area contributed by atoms with E-state index in [1.54, 1.807) is 0 Å². The van der Waals surface area contributed by atoms with E-state index in [2.05, 4.69) is 16.0 Å². The molecule has 0 bridgehead atoms. The SMILES string of the molecule is Cl.O=C(NC1CCNCC1)[C@H]1CCCN1. The summed E-state index contributed by atoms with van der Waals surface area (Å²) in [5.41, 5.74) is 0. The molecule has 0 spiro atoms. The molecule has 0 saturated carbocycles. The third-order valence-corrected chi connectivity index (χ3v) is 3.06. The van der Waals surface area contributed by atoms with Crippen molar-refractivity contribution in [2.24, 2.45) is 0 Å². The van der Waals surface area contributed by atoms with Gasteiger partial charge in [0.2, 0.25) is 5.91 Å². The summed E-state index contributed by atoms with van der Waals surface area (Å²) in [6.07, 6.45) is 4.26. The van der Waals surface area contributed by atoms with E-state index >= 15 is 0 Å². The Morgan fingerprint density at radius 2 is 1.87 bits per heavy atom. The molecule has 2 aliphatic heterocycles. The number of piperidine rings is 1. The van der Waals surface area contributed by atoms with Crippen LogP contribution < -0.4 is 16.0 Å². The Labute approximate surface area is 97.0 Å². The van der Waals surface area contributed by atoms with E-state index in [1.165, 1.54) is 0 Å². The van der Waals surface area contributed by atoms with Crippen LogP contribution >= 0.6 is 12.4 Å². The number of hydrogen-bond donors (Lipinski definition) is 3. The molecule has 88 valence electrons. The molecule has 0 radical (unpaired) electrons. The third kappa shape index (κ3) is 3.63. The summed E-state index contributed by atoms with van der Waals surface area (Å²) in [4.78, 5) is 11.7. The minimum absolute atomic E-state index is 0. The molecule has 2 fully saturated rings. The molecule has 2 saturated heterocycles. The molecule has 2 heterocycles. The van der Waals surface area contributed by atoms with Gasteiger partial charge < -0.3 is 16.0 Å². The molecule has 5 heteroatoms. The van der Waals surface area contributed by atoms with Crippen LogP contribution in [0, 0.1) is 0 Å². The fourth-order valence-electron chi connectivity index (χ4n) is 2.18. The van der Waals surface area contributed by atoms with E-state index < -0.39 is 0 Å². The van der Waals surface area contributed by atoms with Gasteiger partial charge in [-0.25, -0.2) is 0 Å². The molecule has 4 nitrogen and oxygen atoms in total. The lowest BCUT2D eigenvalue weighted by Crippen LogP contribution is -2.48. The van der Waals surface area contributed by atoms with Crippen LogP contribution in [0.5, 0.6) is 0 Å². The smallest absolute Gasteiger partial charge is 0.237 e. The van der Waals surface area contributed by atoms with Gasteiger partial charge in [0.15, 0.2) is 0 Å². The largest absolute Gasteiger partial charge is 0.352 e. The van der Waals surface area contributed by atoms with Crippen molar-refractivity contribution in [3.05, 3.63) is 0 Å². The normalized spacial score (nSPS) is 27.1. The molecular weight excluding hydrogens is 214 g/mol. The molecular formula is C10H20ClN3O. The number of carbonyl (C=O) groups excluding carboxylic acids is 1. The minimum atomic E-state index is 0. The average Bonchev–Trinajstić information content (AvgIpc) is 2.72. The molecule has 0 aromatic carbocycles. The van der Waals surface area contributed by atoms with Gasteiger partial charge in [-0.2, -0.15) is 0 Å². The molecule has 0 aromatic heterocycles. The Morgan fingerprint density at radius 3 is 2.47 bits per heavy atom. The summed E-state index contributed by atoms with van der Waals surface area (Å²) in [5.74, 6) is 0.203. The summed E-state index contributed by atoms with van der Waals surface area (Å²) in [7, 11) is 0. The first-order valence-electron chi connectivity index (χ1n) is 5.61. The number of rotatable bonds is 2. The van der Waals surface area contributed by atoms with Crippen LogP contribution in [0.2, 0.25) is 0 Å². The Hall–Kier alpha value is -0.320. The summed E-state index contributed by atoms with van der Waals surface area (Å²) >= 11 is 0. The van der Waals surface area contributed by atoms with Crippen LogP contribution in [0.4, 0.5) is 0 Å². The molecule has 3 N–H and O–H groups in total. The minimum Gasteiger partial charge on any atom is -0.352 e. The van der Waals surface area contributed by atoms with Gasteiger partial charge in [0.1, 0.15) is 0 Å². The first-order chi connectivity index (χ1) is 6.86. The van der Waals surface area contributed by atoms with E-state index in [0.717, 1.165) is 45.3 Å². The van der Waals surface area contributed by atoms with Crippen molar-refractivity contribution >= 4 is 18.3 Å². The molecule has 1 amide bonds. The fraction of sp³-hybridized carbons (Fsp3) is 0.900. The van der Waals surface area contributed by atoms with E-state index in [4.69, 9.17) is 0 Å². The Bertz CT molecular complexity index is 201. The van der Waals surface area contributed by atoms with Crippen molar-refractivity contribution in [2.45, 2.75) is 37.8 Å². The molecule has 2 rings (SSSR count). The van der Waals surface area contributed by atoms with Gasteiger partial charge in [-0.15, -0.1) is 12.4 Å². The van der Waals surface area contributed by atoms with Crippen molar-refractivity contribution in [2.75, 3.05) is 19.6 Å². The lowest BCUT2D eigenvalue weighted by atomic mass is 10.1. The van der Waals surface area contributed by atoms with Crippen LogP contribution in [-0.2, 0) is 4.79 Å². The highest BCUT2D eigenvalue weighted by Gasteiger charge is 2.24. The highest BCUT2D eigenvalue weighted by Crippen LogP contribution is 2.07. The molecule has 0 unspecified atom stereocenters. The second-order valence-corrected chi connectivity index (χ2v) is 4.18. The van der Waals surface area contributed by atoms with Gasteiger partial charge in [0, 0.05) is 6.04 Å². The topological polar surface area (TPSA) is 53.2 Å². The van der Waals surface area contributed by atoms with Crippen molar-refractivity contribution < 1.29 is 4.79 Å². The van der Waals surface area contributed by atoms with E-state index in [0.29, 0.717) is 6.04 Å². The molecule has 15 heavy (non-hydrogen) atoms. The first-order valence-corrected chi connectivity index (χ1v) is 5.61. The highest BCUT2D eigenvalue weighted by atomic mass is 35.5. The van der Waals surface area contributed by atoms with Crippen LogP contribution in [0.3, 0.4) is 0 Å². The maximum atomic E-state index is 11.7. The number of amides is 1. The van der Waals surface area contributed by atoms with Crippen LogP contribution in [0.25, 0.3) is 0 Å². The maximum absolute atomic E-state index is 11.7. The summed E-state index contributed by atoms with van der Waals surface area (Å²) in [5, 5.41) is 9.63. The van der Waals surface area contributed by atoms with Crippen LogP contribution in [0.1, 0.15) is 25.7 Å². The van der Waals surface area contributed by atoms with Gasteiger partial charge in [-0.1, -0.05) is 0 Å². The standard InChI is InChI=1S/C10H19N3O.ClH/c14-10(9-2-1-5-12-9)13-8-3-6-11-7-4-8;/h8-9,11-12H,1-7H2,(H,13,14);1H/t9-;/m1./s1. The molecule has 0 aromatic rings. The Balaban J connectivity index is 0.00000112. The average molecular weight is 234 g/mol. The monoisotopic (exact) mass is 233 g/mol. The summed E-state index contributed by atoms with van der Waals surface area (Å²) in [6, 6.07) is 0.469. The summed E-state index contributed by atoms with van der Waals surface area (Å²) < 4.78 is 0. The number of halogens is 1. The van der Waals surface area contributed by atoms with E-state index in [1.807, 2.05) is 0 Å². The number of nitrogens with one attached hydrogen (secondary N) is 3. The van der Waals surface area contributed by atoms with Gasteiger partial charge in [-0.05, 0) is 45.3 Å². The van der Waals surface area contributed by atoms with Gasteiger partial charge in [0.05, 0.1) is 6.04 Å². The predicted molar refractivity (Wildman–Crippen MR) is 62.3 cm³/mol. The Kier molecular flexibility index (Phi) is 5.36. The predicted octanol–water partition coefficient (Wildman–Crippen LogP) is 0.0284. The maximum Gasteiger partial charge on any atom is 0.237 e. The third-order valence-electron chi connectivity index (χ3n) is 3.06.